The molecule has 0 saturated carbocycles. The summed E-state index contributed by atoms with van der Waals surface area (Å²) in [4.78, 5) is 29.0. The molecule has 1 unspecified atom stereocenters. The largest absolute Gasteiger partial charge is 0.478 e. The van der Waals surface area contributed by atoms with E-state index in [4.69, 9.17) is 0 Å². The molecular weight excluding hydrogens is 470 g/mol. The van der Waals surface area contributed by atoms with Crippen LogP contribution in [0.4, 0.5) is 0 Å². The van der Waals surface area contributed by atoms with Crippen molar-refractivity contribution in [2.45, 2.75) is 6.04 Å². The summed E-state index contributed by atoms with van der Waals surface area (Å²) in [6, 6.07) is 4.76. The van der Waals surface area contributed by atoms with Gasteiger partial charge in [0.1, 0.15) is 0 Å². The fraction of sp³-hybridized carbons (Fsp3) is 0.0800. The number of aliphatic carboxylic acids is 1. The first-order valence-corrected chi connectivity index (χ1v) is 12.2. The Bertz CT molecular complexity index is 1460. The number of hydrogen-bond acceptors (Lipinski definition) is 7. The number of fused-ring (bicyclic) bond motifs is 1. The van der Waals surface area contributed by atoms with Crippen LogP contribution in [0.3, 0.4) is 0 Å². The first-order chi connectivity index (χ1) is 16.5. The van der Waals surface area contributed by atoms with Gasteiger partial charge in [0.15, 0.2) is 0 Å². The second-order valence-electron chi connectivity index (χ2n) is 7.65. The summed E-state index contributed by atoms with van der Waals surface area (Å²) in [5.74, 6) is -2.12. The first-order valence-electron chi connectivity index (χ1n) is 10.4. The molecule has 9 heteroatoms. The molecule has 3 aromatic heterocycles. The van der Waals surface area contributed by atoms with Crippen LogP contribution >= 0.6 is 22.7 Å². The summed E-state index contributed by atoms with van der Waals surface area (Å²) in [6.45, 7) is 0.321. The number of carbonyl (C=O) groups is 2. The van der Waals surface area contributed by atoms with Crippen molar-refractivity contribution in [3.8, 4) is 0 Å². The summed E-state index contributed by atoms with van der Waals surface area (Å²) in [7, 11) is 0. The number of nitrogens with zero attached hydrogens (tertiary/aromatic N) is 1. The maximum atomic E-state index is 11.8. The number of thiophene rings is 2. The molecule has 3 aromatic rings. The number of rotatable bonds is 6. The summed E-state index contributed by atoms with van der Waals surface area (Å²) in [6.07, 6.45) is 12.9. The molecule has 0 radical (unpaired) electrons. The van der Waals surface area contributed by atoms with Gasteiger partial charge in [-0.25, -0.2) is 14.6 Å². The Morgan fingerprint density at radius 1 is 1.15 bits per heavy atom. The minimum absolute atomic E-state index is 0.0782. The van der Waals surface area contributed by atoms with Gasteiger partial charge < -0.3 is 20.8 Å². The minimum atomic E-state index is -1.08. The molecule has 0 bridgehead atoms. The lowest BCUT2D eigenvalue weighted by atomic mass is 10.0. The average Bonchev–Trinajstić information content (AvgIpc) is 3.47. The lowest BCUT2D eigenvalue weighted by Gasteiger charge is -2.20. The van der Waals surface area contributed by atoms with Crippen LogP contribution in [-0.4, -0.2) is 33.7 Å². The first kappa shape index (κ1) is 21.9. The highest BCUT2D eigenvalue weighted by Gasteiger charge is 2.19. The molecule has 2 aliphatic rings. The van der Waals surface area contributed by atoms with Crippen LogP contribution in [0.25, 0.3) is 21.9 Å². The Kier molecular flexibility index (Phi) is 5.87. The molecule has 0 saturated heterocycles. The van der Waals surface area contributed by atoms with Crippen molar-refractivity contribution in [2.24, 2.45) is 0 Å². The van der Waals surface area contributed by atoms with Gasteiger partial charge in [0.2, 0.25) is 0 Å². The van der Waals surface area contributed by atoms with Gasteiger partial charge in [0.05, 0.1) is 34.3 Å². The van der Waals surface area contributed by atoms with E-state index in [1.807, 2.05) is 24.4 Å². The van der Waals surface area contributed by atoms with Crippen molar-refractivity contribution in [2.75, 3.05) is 6.54 Å². The summed E-state index contributed by atoms with van der Waals surface area (Å²) in [5.41, 5.74) is 2.55. The monoisotopic (exact) mass is 489 g/mol. The maximum Gasteiger partial charge on any atom is 0.335 e. The molecule has 1 atom stereocenters. The number of allylic oxidation sites excluding steroid dienone is 3. The number of nitrogens with one attached hydrogen (secondary N) is 2. The van der Waals surface area contributed by atoms with Crippen molar-refractivity contribution in [3.63, 3.8) is 0 Å². The number of carboxylic acids is 2. The molecule has 0 spiro atoms. The second-order valence-corrected chi connectivity index (χ2v) is 9.51. The smallest absolute Gasteiger partial charge is 0.335 e. The number of aromatic nitrogens is 1. The molecule has 7 nitrogen and oxygen atoms in total. The number of aromatic carboxylic acids is 1. The SMILES string of the molecule is O=C(O)C1=CCNC(c2cc(C(=O)O)cc(C3C=C(/C=C/c4scc5sccc45)C=CN3)n2)=C1. The van der Waals surface area contributed by atoms with E-state index >= 15 is 0 Å². The van der Waals surface area contributed by atoms with Crippen LogP contribution in [0, 0.1) is 0 Å². The van der Waals surface area contributed by atoms with Crippen molar-refractivity contribution < 1.29 is 19.8 Å². The van der Waals surface area contributed by atoms with E-state index in [-0.39, 0.29) is 17.2 Å². The zero-order chi connectivity index (χ0) is 23.7. The lowest BCUT2D eigenvalue weighted by Crippen LogP contribution is -2.22. The Labute approximate surface area is 202 Å². The van der Waals surface area contributed by atoms with Gasteiger partial charge in [0, 0.05) is 26.9 Å². The number of hydrogen-bond donors (Lipinski definition) is 4. The average molecular weight is 490 g/mol. The van der Waals surface area contributed by atoms with Gasteiger partial charge in [-0.2, -0.15) is 0 Å². The molecular formula is C25H19N3O4S2. The molecule has 0 aromatic carbocycles. The van der Waals surface area contributed by atoms with E-state index in [2.05, 4.69) is 38.5 Å². The fourth-order valence-corrected chi connectivity index (χ4v) is 5.65. The molecule has 2 aliphatic heterocycles. The molecule has 5 rings (SSSR count). The van der Waals surface area contributed by atoms with Crippen LogP contribution in [0.15, 0.2) is 76.7 Å². The molecule has 0 amide bonds. The van der Waals surface area contributed by atoms with Crippen LogP contribution in [0.5, 0.6) is 0 Å². The predicted octanol–water partition coefficient (Wildman–Crippen LogP) is 4.81. The Morgan fingerprint density at radius 3 is 2.85 bits per heavy atom. The van der Waals surface area contributed by atoms with Gasteiger partial charge in [-0.15, -0.1) is 22.7 Å². The molecule has 0 fully saturated rings. The third-order valence-electron chi connectivity index (χ3n) is 5.44. The number of pyridine rings is 1. The molecule has 34 heavy (non-hydrogen) atoms. The van der Waals surface area contributed by atoms with Crippen molar-refractivity contribution in [3.05, 3.63) is 98.5 Å². The minimum Gasteiger partial charge on any atom is -0.478 e. The van der Waals surface area contributed by atoms with Crippen LogP contribution < -0.4 is 10.6 Å². The van der Waals surface area contributed by atoms with Gasteiger partial charge in [-0.3, -0.25) is 0 Å². The highest BCUT2D eigenvalue weighted by molar-refractivity contribution is 7.22. The summed E-state index contributed by atoms with van der Waals surface area (Å²) >= 11 is 3.42. The third kappa shape index (κ3) is 4.43. The molecule has 5 heterocycles. The quantitative estimate of drug-likeness (QED) is 0.393. The van der Waals surface area contributed by atoms with E-state index < -0.39 is 11.9 Å². The zero-order valence-corrected chi connectivity index (χ0v) is 19.3. The molecule has 0 aliphatic carbocycles. The zero-order valence-electron chi connectivity index (χ0n) is 17.7. The topological polar surface area (TPSA) is 112 Å². The molecule has 170 valence electrons. The van der Waals surface area contributed by atoms with E-state index in [1.165, 1.54) is 33.2 Å². The van der Waals surface area contributed by atoms with E-state index in [1.54, 1.807) is 28.7 Å². The van der Waals surface area contributed by atoms with Crippen molar-refractivity contribution in [1.82, 2.24) is 15.6 Å². The van der Waals surface area contributed by atoms with Crippen molar-refractivity contribution in [1.29, 1.82) is 0 Å². The number of dihydropyridines is 2. The van der Waals surface area contributed by atoms with Gasteiger partial charge >= 0.3 is 11.9 Å². The van der Waals surface area contributed by atoms with E-state index in [0.717, 1.165) is 5.57 Å². The Balaban J connectivity index is 1.47. The Hall–Kier alpha value is -3.95. The standard InChI is InChI=1S/C25H19N3O4S2/c29-24(30)15-4-7-27-19(10-15)21-12-16(25(31)32)11-20(28-21)18-9-14(3-6-26-18)1-2-22-17-5-8-33-23(17)13-34-22/h1-6,8-13,18,26-27H,7H2,(H,29,30)(H,31,32)/b2-1+. The second kappa shape index (κ2) is 9.12. The molecule has 4 N–H and O–H groups in total. The highest BCUT2D eigenvalue weighted by Crippen LogP contribution is 2.32. The fourth-order valence-electron chi connectivity index (χ4n) is 3.75. The Morgan fingerprint density at radius 2 is 2.03 bits per heavy atom. The van der Waals surface area contributed by atoms with Gasteiger partial charge in [-0.05, 0) is 59.7 Å². The highest BCUT2D eigenvalue weighted by atomic mass is 32.1. The lowest BCUT2D eigenvalue weighted by molar-refractivity contribution is -0.132. The van der Waals surface area contributed by atoms with E-state index in [0.29, 0.717) is 23.6 Å². The number of carboxylic acid groups (broad SMARTS) is 2. The van der Waals surface area contributed by atoms with Crippen LogP contribution in [-0.2, 0) is 4.79 Å². The van der Waals surface area contributed by atoms with Crippen molar-refractivity contribution >= 4 is 56.5 Å². The van der Waals surface area contributed by atoms with E-state index in [9.17, 15) is 19.8 Å². The van der Waals surface area contributed by atoms with Gasteiger partial charge in [-0.1, -0.05) is 12.2 Å². The van der Waals surface area contributed by atoms with Gasteiger partial charge in [0.25, 0.3) is 0 Å². The predicted molar refractivity (Wildman–Crippen MR) is 135 cm³/mol. The maximum absolute atomic E-state index is 11.8. The normalized spacial score (nSPS) is 17.6. The van der Waals surface area contributed by atoms with Crippen LogP contribution in [0.1, 0.15) is 32.7 Å². The summed E-state index contributed by atoms with van der Waals surface area (Å²) in [5, 5.41) is 30.7. The van der Waals surface area contributed by atoms with Crippen LogP contribution in [0.2, 0.25) is 0 Å². The summed E-state index contributed by atoms with van der Waals surface area (Å²) < 4.78 is 1.27. The third-order valence-corrected chi connectivity index (χ3v) is 7.42.